The normalized spacial score (nSPS) is 11.7. The van der Waals surface area contributed by atoms with E-state index in [0.717, 1.165) is 21.8 Å². The highest BCUT2D eigenvalue weighted by Gasteiger charge is 2.15. The molecule has 1 amide bonds. The Kier molecular flexibility index (Phi) is 4.81. The lowest BCUT2D eigenvalue weighted by molar-refractivity contribution is -0.116. The average Bonchev–Trinajstić information content (AvgIpc) is 3.10. The number of aromatic nitrogens is 2. The SMILES string of the molecule is O=C(CCNS(=O)(=O)c1ccc2ccccc2c1)Nn1cnc2ccccc21. The van der Waals surface area contributed by atoms with Gasteiger partial charge in [0.25, 0.3) is 0 Å². The van der Waals surface area contributed by atoms with Crippen LogP contribution >= 0.6 is 0 Å². The van der Waals surface area contributed by atoms with Crippen molar-refractivity contribution in [3.8, 4) is 0 Å². The standard InChI is InChI=1S/C20H18N4O3S/c25-20(23-24-14-21-18-7-3-4-8-19(18)24)11-12-22-28(26,27)17-10-9-15-5-1-2-6-16(15)13-17/h1-10,13-14,22H,11-12H2,(H,23,25). The molecule has 0 saturated heterocycles. The zero-order valence-electron chi connectivity index (χ0n) is 14.9. The van der Waals surface area contributed by atoms with Crippen LogP contribution in [0.15, 0.2) is 78.0 Å². The maximum absolute atomic E-state index is 12.5. The minimum atomic E-state index is -3.69. The number of fused-ring (bicyclic) bond motifs is 2. The smallest absolute Gasteiger partial charge is 0.240 e. The molecule has 0 atom stereocenters. The summed E-state index contributed by atoms with van der Waals surface area (Å²) in [5.41, 5.74) is 4.23. The molecular formula is C20H18N4O3S. The van der Waals surface area contributed by atoms with E-state index in [1.54, 1.807) is 18.2 Å². The van der Waals surface area contributed by atoms with Gasteiger partial charge in [-0.15, -0.1) is 0 Å². The molecule has 0 aliphatic rings. The quantitative estimate of drug-likeness (QED) is 0.526. The number of nitrogens with zero attached hydrogens (tertiary/aromatic N) is 2. The molecule has 0 bridgehead atoms. The van der Waals surface area contributed by atoms with E-state index in [0.29, 0.717) is 0 Å². The van der Waals surface area contributed by atoms with Crippen LogP contribution in [0.3, 0.4) is 0 Å². The van der Waals surface area contributed by atoms with Crippen molar-refractivity contribution in [3.05, 3.63) is 73.1 Å². The molecule has 2 N–H and O–H groups in total. The molecule has 7 nitrogen and oxygen atoms in total. The van der Waals surface area contributed by atoms with Crippen molar-refractivity contribution < 1.29 is 13.2 Å². The van der Waals surface area contributed by atoms with Gasteiger partial charge < -0.3 is 0 Å². The lowest BCUT2D eigenvalue weighted by Crippen LogP contribution is -2.30. The Hall–Kier alpha value is -3.23. The van der Waals surface area contributed by atoms with Gasteiger partial charge in [0.1, 0.15) is 6.33 Å². The van der Waals surface area contributed by atoms with Crippen LogP contribution in [0.4, 0.5) is 0 Å². The van der Waals surface area contributed by atoms with Crippen LogP contribution in [-0.4, -0.2) is 30.5 Å². The summed E-state index contributed by atoms with van der Waals surface area (Å²) in [6.07, 6.45) is 1.52. The zero-order chi connectivity index (χ0) is 19.6. The van der Waals surface area contributed by atoms with Crippen LogP contribution in [0.5, 0.6) is 0 Å². The van der Waals surface area contributed by atoms with Crippen LogP contribution in [0.2, 0.25) is 0 Å². The second-order valence-electron chi connectivity index (χ2n) is 6.29. The fourth-order valence-corrected chi connectivity index (χ4v) is 4.02. The van der Waals surface area contributed by atoms with Crippen molar-refractivity contribution in [2.75, 3.05) is 12.0 Å². The van der Waals surface area contributed by atoms with Gasteiger partial charge in [-0.05, 0) is 35.0 Å². The monoisotopic (exact) mass is 394 g/mol. The fourth-order valence-electron chi connectivity index (χ4n) is 2.96. The lowest BCUT2D eigenvalue weighted by atomic mass is 10.1. The first-order valence-electron chi connectivity index (χ1n) is 8.73. The van der Waals surface area contributed by atoms with E-state index in [4.69, 9.17) is 0 Å². The first-order valence-corrected chi connectivity index (χ1v) is 10.2. The third-order valence-electron chi connectivity index (χ3n) is 4.37. The first-order chi connectivity index (χ1) is 13.5. The summed E-state index contributed by atoms with van der Waals surface area (Å²) >= 11 is 0. The van der Waals surface area contributed by atoms with Gasteiger partial charge >= 0.3 is 0 Å². The number of imidazole rings is 1. The summed E-state index contributed by atoms with van der Waals surface area (Å²) < 4.78 is 29.0. The molecule has 0 aliphatic heterocycles. The maximum atomic E-state index is 12.5. The number of hydrogen-bond donors (Lipinski definition) is 2. The van der Waals surface area contributed by atoms with Gasteiger partial charge in [0.2, 0.25) is 15.9 Å². The number of hydrogen-bond acceptors (Lipinski definition) is 4. The Bertz CT molecular complexity index is 1260. The maximum Gasteiger partial charge on any atom is 0.240 e. The largest absolute Gasteiger partial charge is 0.273 e. The van der Waals surface area contributed by atoms with Gasteiger partial charge in [-0.25, -0.2) is 22.8 Å². The molecule has 8 heteroatoms. The van der Waals surface area contributed by atoms with Crippen molar-refractivity contribution in [2.45, 2.75) is 11.3 Å². The molecule has 3 aromatic carbocycles. The Morgan fingerprint density at radius 1 is 0.964 bits per heavy atom. The van der Waals surface area contributed by atoms with Crippen LogP contribution in [-0.2, 0) is 14.8 Å². The highest BCUT2D eigenvalue weighted by Crippen LogP contribution is 2.18. The van der Waals surface area contributed by atoms with Crippen LogP contribution in [0, 0.1) is 0 Å². The van der Waals surface area contributed by atoms with E-state index in [1.807, 2.05) is 48.5 Å². The molecule has 4 aromatic rings. The zero-order valence-corrected chi connectivity index (χ0v) is 15.7. The van der Waals surface area contributed by atoms with Gasteiger partial charge in [-0.1, -0.05) is 42.5 Å². The van der Waals surface area contributed by atoms with Crippen molar-refractivity contribution in [1.29, 1.82) is 0 Å². The lowest BCUT2D eigenvalue weighted by Gasteiger charge is -2.09. The van der Waals surface area contributed by atoms with Crippen LogP contribution < -0.4 is 10.1 Å². The predicted molar refractivity (Wildman–Crippen MR) is 108 cm³/mol. The highest BCUT2D eigenvalue weighted by molar-refractivity contribution is 7.89. The van der Waals surface area contributed by atoms with E-state index in [9.17, 15) is 13.2 Å². The van der Waals surface area contributed by atoms with Gasteiger partial charge in [-0.2, -0.15) is 0 Å². The van der Waals surface area contributed by atoms with E-state index >= 15 is 0 Å². The van der Waals surface area contributed by atoms with Gasteiger partial charge in [0.05, 0.1) is 15.9 Å². The molecule has 0 spiro atoms. The summed E-state index contributed by atoms with van der Waals surface area (Å²) in [7, 11) is -3.69. The molecular weight excluding hydrogens is 376 g/mol. The summed E-state index contributed by atoms with van der Waals surface area (Å²) in [6, 6.07) is 19.9. The number of para-hydroxylation sites is 2. The molecule has 28 heavy (non-hydrogen) atoms. The summed E-state index contributed by atoms with van der Waals surface area (Å²) in [5, 5.41) is 1.81. The summed E-state index contributed by atoms with van der Waals surface area (Å²) in [5.74, 6) is -0.315. The number of amides is 1. The molecule has 0 aliphatic carbocycles. The minimum absolute atomic E-state index is 0.000676. The number of benzene rings is 3. The molecule has 4 rings (SSSR count). The van der Waals surface area contributed by atoms with Crippen molar-refractivity contribution in [2.24, 2.45) is 0 Å². The molecule has 0 radical (unpaired) electrons. The molecule has 0 saturated carbocycles. The first kappa shape index (κ1) is 18.1. The summed E-state index contributed by atoms with van der Waals surface area (Å²) in [4.78, 5) is 16.5. The van der Waals surface area contributed by atoms with Gasteiger partial charge in [0, 0.05) is 13.0 Å². The van der Waals surface area contributed by atoms with Crippen molar-refractivity contribution in [1.82, 2.24) is 14.4 Å². The number of rotatable bonds is 6. The third kappa shape index (κ3) is 3.73. The second kappa shape index (κ2) is 7.41. The number of carbonyl (C=O) groups excluding carboxylic acids is 1. The van der Waals surface area contributed by atoms with Crippen LogP contribution in [0.1, 0.15) is 6.42 Å². The summed E-state index contributed by atoms with van der Waals surface area (Å²) in [6.45, 7) is -0.00633. The Morgan fingerprint density at radius 3 is 2.57 bits per heavy atom. The molecule has 0 fully saturated rings. The third-order valence-corrected chi connectivity index (χ3v) is 5.83. The topological polar surface area (TPSA) is 93.1 Å². The molecule has 142 valence electrons. The molecule has 0 unspecified atom stereocenters. The molecule has 1 aromatic heterocycles. The van der Waals surface area contributed by atoms with E-state index in [2.05, 4.69) is 15.1 Å². The number of sulfonamides is 1. The number of nitrogens with one attached hydrogen (secondary N) is 2. The van der Waals surface area contributed by atoms with Crippen LogP contribution in [0.25, 0.3) is 21.8 Å². The Labute approximate surface area is 162 Å². The van der Waals surface area contributed by atoms with Gasteiger partial charge in [-0.3, -0.25) is 10.2 Å². The Balaban J connectivity index is 1.38. The van der Waals surface area contributed by atoms with Crippen molar-refractivity contribution in [3.63, 3.8) is 0 Å². The van der Waals surface area contributed by atoms with Gasteiger partial charge in [0.15, 0.2) is 0 Å². The highest BCUT2D eigenvalue weighted by atomic mass is 32.2. The predicted octanol–water partition coefficient (Wildman–Crippen LogP) is 2.63. The average molecular weight is 394 g/mol. The number of carbonyl (C=O) groups is 1. The second-order valence-corrected chi connectivity index (χ2v) is 8.06. The van der Waals surface area contributed by atoms with E-state index in [1.165, 1.54) is 11.0 Å². The Morgan fingerprint density at radius 2 is 1.71 bits per heavy atom. The van der Waals surface area contributed by atoms with E-state index in [-0.39, 0.29) is 23.8 Å². The fraction of sp³-hybridized carbons (Fsp3) is 0.100. The minimum Gasteiger partial charge on any atom is -0.273 e. The van der Waals surface area contributed by atoms with Crippen molar-refractivity contribution >= 4 is 37.7 Å². The van der Waals surface area contributed by atoms with E-state index < -0.39 is 10.0 Å². The molecule has 1 heterocycles.